The van der Waals surface area contributed by atoms with Crippen LogP contribution in [0.4, 0.5) is 0 Å². The van der Waals surface area contributed by atoms with Gasteiger partial charge >= 0.3 is 0 Å². The van der Waals surface area contributed by atoms with Gasteiger partial charge < -0.3 is 57.0 Å². The van der Waals surface area contributed by atoms with Gasteiger partial charge in [-0.05, 0) is 31.0 Å². The minimum atomic E-state index is -1.28. The molecule has 298 valence electrons. The Bertz CT molecular complexity index is 1640. The number of fused-ring (bicyclic) bond motifs is 3. The number of rotatable bonds is 11. The fourth-order valence-electron chi connectivity index (χ4n) is 6.67. The molecule has 2 aliphatic heterocycles. The molecule has 0 saturated carbocycles. The highest BCUT2D eigenvalue weighted by atomic mass is 32.2. The van der Waals surface area contributed by atoms with E-state index in [9.17, 15) is 44.1 Å². The van der Waals surface area contributed by atoms with E-state index in [1.54, 1.807) is 13.8 Å². The molecule has 0 radical (unpaired) electrons. The zero-order valence-corrected chi connectivity index (χ0v) is 31.9. The number of benzene rings is 1. The maximum atomic E-state index is 14.2. The number of carbonyl (C=O) groups excluding carboxylic acids is 6. The molecule has 2 aromatic rings. The fourth-order valence-corrected chi connectivity index (χ4v) is 7.73. The zero-order chi connectivity index (χ0) is 39.5. The summed E-state index contributed by atoms with van der Waals surface area (Å²) in [6, 6.07) is 2.89. The number of likely N-dealkylation sites (tertiary alicyclic amines) is 1. The Kier molecular flexibility index (Phi) is 15.8. The Morgan fingerprint density at radius 3 is 2.41 bits per heavy atom. The molecule has 2 aliphatic rings. The van der Waals surface area contributed by atoms with Gasteiger partial charge in [0.2, 0.25) is 29.5 Å². The summed E-state index contributed by atoms with van der Waals surface area (Å²) in [5, 5.41) is 48.2. The molecule has 3 heterocycles. The number of aldehydes is 1. The molecule has 54 heavy (non-hydrogen) atoms. The van der Waals surface area contributed by atoms with Crippen molar-refractivity contribution in [1.29, 1.82) is 0 Å². The number of aromatic amines is 1. The number of para-hydroxylation sites is 1. The normalized spacial score (nSPS) is 26.2. The first-order chi connectivity index (χ1) is 25.8. The van der Waals surface area contributed by atoms with E-state index in [1.807, 2.05) is 43.1 Å². The number of aromatic nitrogens is 1. The smallest absolute Gasteiger partial charge is 0.243 e. The van der Waals surface area contributed by atoms with Gasteiger partial charge in [0.1, 0.15) is 18.4 Å². The van der Waals surface area contributed by atoms with Crippen LogP contribution >= 0.6 is 11.8 Å². The average molecular weight is 775 g/mol. The first-order valence-corrected chi connectivity index (χ1v) is 19.3. The van der Waals surface area contributed by atoms with Crippen LogP contribution in [0.1, 0.15) is 39.2 Å². The fraction of sp³-hybridized carbons (Fsp3) is 0.611. The van der Waals surface area contributed by atoms with Gasteiger partial charge in [-0.25, -0.2) is 0 Å². The summed E-state index contributed by atoms with van der Waals surface area (Å²) in [6.45, 7) is 4.36. The summed E-state index contributed by atoms with van der Waals surface area (Å²) in [6.07, 6.45) is -0.302. The quantitative estimate of drug-likeness (QED) is 0.109. The SMILES string of the molecule is CCC(C)C1NC(=O)CNC(=O)C(NC(=O)C(NCC2CC(O)CN2C)C(C)C(O)CO)Cc2c([nH]c3ccccc23)SCC(C=O)NC(=O)CNC1=O. The number of hydrogen-bond acceptors (Lipinski definition) is 12. The number of likely N-dealkylation sites (N-methyl/N-ethyl adjacent to an activating group) is 1. The third-order valence-electron chi connectivity index (χ3n) is 10.2. The van der Waals surface area contributed by atoms with E-state index in [2.05, 4.69) is 36.9 Å². The molecule has 1 aromatic heterocycles. The summed E-state index contributed by atoms with van der Waals surface area (Å²) >= 11 is 1.23. The predicted octanol–water partition coefficient (Wildman–Crippen LogP) is -2.24. The molecular weight excluding hydrogens is 721 g/mol. The number of β-amino-alcohol motifs (C(OH)–C–C–N with tert-alkyl or cyclic N) is 1. The van der Waals surface area contributed by atoms with Gasteiger partial charge in [0.15, 0.2) is 0 Å². The first kappa shape index (κ1) is 42.7. The molecule has 18 heteroatoms. The minimum absolute atomic E-state index is 0.0667. The molecule has 4 rings (SSSR count). The van der Waals surface area contributed by atoms with Gasteiger partial charge in [-0.15, -0.1) is 11.8 Å². The van der Waals surface area contributed by atoms with Gasteiger partial charge in [0.05, 0.1) is 49.0 Å². The molecule has 1 aromatic carbocycles. The van der Waals surface area contributed by atoms with Crippen molar-refractivity contribution in [2.75, 3.05) is 45.6 Å². The van der Waals surface area contributed by atoms with Crippen LogP contribution in [0.15, 0.2) is 29.3 Å². The van der Waals surface area contributed by atoms with Crippen molar-refractivity contribution in [3.8, 4) is 0 Å². The second-order valence-electron chi connectivity index (χ2n) is 14.2. The van der Waals surface area contributed by atoms with E-state index >= 15 is 0 Å². The van der Waals surface area contributed by atoms with Crippen molar-refractivity contribution < 1.29 is 44.1 Å². The second-order valence-corrected chi connectivity index (χ2v) is 15.2. The van der Waals surface area contributed by atoms with E-state index in [4.69, 9.17) is 0 Å². The highest BCUT2D eigenvalue weighted by Gasteiger charge is 2.36. The molecule has 0 spiro atoms. The summed E-state index contributed by atoms with van der Waals surface area (Å²) in [5.74, 6) is -4.26. The highest BCUT2D eigenvalue weighted by molar-refractivity contribution is 7.99. The van der Waals surface area contributed by atoms with Crippen LogP contribution in [0.5, 0.6) is 0 Å². The Morgan fingerprint density at radius 2 is 1.76 bits per heavy atom. The summed E-state index contributed by atoms with van der Waals surface area (Å²) in [5.41, 5.74) is 1.36. The number of H-pyrrole nitrogens is 1. The minimum Gasteiger partial charge on any atom is -0.394 e. The van der Waals surface area contributed by atoms with Crippen LogP contribution in [0.3, 0.4) is 0 Å². The molecular formula is C36H54N8O9S. The average Bonchev–Trinajstić information content (AvgIpc) is 3.68. The predicted molar refractivity (Wildman–Crippen MR) is 201 cm³/mol. The van der Waals surface area contributed by atoms with Crippen molar-refractivity contribution in [2.45, 2.75) is 87.5 Å². The molecule has 1 fully saturated rings. The van der Waals surface area contributed by atoms with Crippen molar-refractivity contribution in [3.05, 3.63) is 29.8 Å². The van der Waals surface area contributed by atoms with Crippen molar-refractivity contribution in [3.63, 3.8) is 0 Å². The highest BCUT2D eigenvalue weighted by Crippen LogP contribution is 2.31. The number of nitrogens with zero attached hydrogens (tertiary/aromatic N) is 1. The first-order valence-electron chi connectivity index (χ1n) is 18.3. The summed E-state index contributed by atoms with van der Waals surface area (Å²) in [4.78, 5) is 84.5. The molecule has 5 amide bonds. The number of nitrogens with one attached hydrogen (secondary N) is 7. The standard InChI is InChI=1S/C36H54N8O9S/c1-5-19(2)31-34(52)39-13-29(49)40-21(16-45)18-54-36-25(24-8-6-7-9-26(24)42-36)11-27(33(51)38-14-30(50)43-31)41-35(53)32(20(3)28(48)17-46)37-12-22-10-23(47)15-44(22)4/h6-9,16,19-23,27-28,31-32,37,42,46-48H,5,10-15,17-18H2,1-4H3,(H,38,51)(H,39,52)(H,40,49)(H,41,53)(H,43,50). The molecule has 9 atom stereocenters. The van der Waals surface area contributed by atoms with Gasteiger partial charge in [0.25, 0.3) is 0 Å². The van der Waals surface area contributed by atoms with Gasteiger partial charge in [-0.3, -0.25) is 28.9 Å². The van der Waals surface area contributed by atoms with Gasteiger partial charge in [-0.1, -0.05) is 45.4 Å². The van der Waals surface area contributed by atoms with E-state index in [0.29, 0.717) is 36.3 Å². The van der Waals surface area contributed by atoms with Crippen molar-refractivity contribution in [1.82, 2.24) is 41.8 Å². The lowest BCUT2D eigenvalue weighted by Gasteiger charge is -2.31. The Morgan fingerprint density at radius 1 is 1.07 bits per heavy atom. The van der Waals surface area contributed by atoms with Crippen LogP contribution in [0.2, 0.25) is 0 Å². The second kappa shape index (κ2) is 20.0. The van der Waals surface area contributed by atoms with Crippen LogP contribution in [-0.2, 0) is 35.2 Å². The van der Waals surface area contributed by atoms with Crippen LogP contribution in [-0.4, -0.2) is 149 Å². The third-order valence-corrected chi connectivity index (χ3v) is 11.4. The summed E-state index contributed by atoms with van der Waals surface area (Å²) in [7, 11) is 1.85. The number of aliphatic hydroxyl groups is 3. The Labute approximate surface area is 318 Å². The maximum absolute atomic E-state index is 14.2. The van der Waals surface area contributed by atoms with Crippen molar-refractivity contribution >= 4 is 58.5 Å². The Balaban J connectivity index is 1.69. The van der Waals surface area contributed by atoms with E-state index in [0.717, 1.165) is 10.9 Å². The lowest BCUT2D eigenvalue weighted by atomic mass is 9.94. The topological polar surface area (TPSA) is 254 Å². The molecule has 1 saturated heterocycles. The number of carbonyl (C=O) groups is 6. The number of thioether (sulfide) groups is 1. The largest absolute Gasteiger partial charge is 0.394 e. The van der Waals surface area contributed by atoms with Crippen LogP contribution < -0.4 is 31.9 Å². The Hall–Kier alpha value is -4.07. The van der Waals surface area contributed by atoms with Crippen LogP contribution in [0, 0.1) is 11.8 Å². The van der Waals surface area contributed by atoms with E-state index < -0.39 is 91.5 Å². The number of amides is 5. The molecule has 0 aliphatic carbocycles. The molecule has 10 N–H and O–H groups in total. The lowest BCUT2D eigenvalue weighted by Crippen LogP contribution is -2.59. The van der Waals surface area contributed by atoms with E-state index in [-0.39, 0.29) is 30.7 Å². The summed E-state index contributed by atoms with van der Waals surface area (Å²) < 4.78 is 0. The maximum Gasteiger partial charge on any atom is 0.243 e. The lowest BCUT2D eigenvalue weighted by molar-refractivity contribution is -0.133. The molecule has 17 nitrogen and oxygen atoms in total. The number of hydrogen-bond donors (Lipinski definition) is 10. The number of aliphatic hydroxyl groups excluding tert-OH is 3. The molecule has 0 bridgehead atoms. The monoisotopic (exact) mass is 774 g/mol. The van der Waals surface area contributed by atoms with E-state index in [1.165, 1.54) is 11.8 Å². The van der Waals surface area contributed by atoms with Gasteiger partial charge in [0, 0.05) is 48.1 Å². The van der Waals surface area contributed by atoms with Crippen molar-refractivity contribution in [2.24, 2.45) is 11.8 Å². The van der Waals surface area contributed by atoms with Gasteiger partial charge in [-0.2, -0.15) is 0 Å². The molecule has 9 unspecified atom stereocenters. The zero-order valence-electron chi connectivity index (χ0n) is 31.1. The third kappa shape index (κ3) is 11.2. The van der Waals surface area contributed by atoms with Crippen LogP contribution in [0.25, 0.3) is 10.9 Å².